The number of amides is 1. The Morgan fingerprint density at radius 1 is 1.08 bits per heavy atom. The summed E-state index contributed by atoms with van der Waals surface area (Å²) in [5.41, 5.74) is 4.45. The first-order valence-corrected chi connectivity index (χ1v) is 8.55. The van der Waals surface area contributed by atoms with Gasteiger partial charge >= 0.3 is 0 Å². The lowest BCUT2D eigenvalue weighted by molar-refractivity contribution is -0.116. The van der Waals surface area contributed by atoms with Crippen LogP contribution in [0.25, 0.3) is 10.8 Å². The van der Waals surface area contributed by atoms with Crippen LogP contribution in [-0.4, -0.2) is 5.91 Å². The van der Waals surface area contributed by atoms with Gasteiger partial charge in [0.25, 0.3) is 0 Å². The first-order valence-electron chi connectivity index (χ1n) is 8.55. The van der Waals surface area contributed by atoms with Gasteiger partial charge in [0, 0.05) is 12.3 Å². The van der Waals surface area contributed by atoms with E-state index in [0.717, 1.165) is 34.0 Å². The molecule has 0 N–H and O–H groups in total. The number of hydrogen-bond donors (Lipinski definition) is 0. The third-order valence-corrected chi connectivity index (χ3v) is 4.42. The number of carbonyl (C=O) groups excluding carboxylic acids is 1. The Hall–Kier alpha value is -2.87. The maximum absolute atomic E-state index is 12.5. The second kappa shape index (κ2) is 7.35. The molecule has 0 atom stereocenters. The zero-order valence-corrected chi connectivity index (χ0v) is 14.8. The van der Waals surface area contributed by atoms with Gasteiger partial charge in [-0.3, -0.25) is 4.79 Å². The molecular formula is C23H23NO. The average molecular weight is 329 g/mol. The Morgan fingerprint density at radius 2 is 1.88 bits per heavy atom. The van der Waals surface area contributed by atoms with Crippen molar-refractivity contribution < 1.29 is 4.79 Å². The van der Waals surface area contributed by atoms with E-state index in [2.05, 4.69) is 56.0 Å². The fourth-order valence-electron chi connectivity index (χ4n) is 3.28. The molecule has 3 aromatic rings. The highest BCUT2D eigenvalue weighted by Gasteiger charge is 2.18. The van der Waals surface area contributed by atoms with Gasteiger partial charge in [-0.15, -0.1) is 6.58 Å². The monoisotopic (exact) mass is 329 g/mol. The van der Waals surface area contributed by atoms with Gasteiger partial charge in [-0.25, -0.2) is 0 Å². The summed E-state index contributed by atoms with van der Waals surface area (Å²) >= 11 is 0. The molecule has 3 aromatic carbocycles. The predicted molar refractivity (Wildman–Crippen MR) is 106 cm³/mol. The minimum atomic E-state index is 0.0446. The maximum atomic E-state index is 12.5. The highest BCUT2D eigenvalue weighted by molar-refractivity contribution is 6.04. The largest absolute Gasteiger partial charge is 0.307 e. The van der Waals surface area contributed by atoms with Gasteiger partial charge in [-0.2, -0.15) is 0 Å². The lowest BCUT2D eigenvalue weighted by Crippen LogP contribution is -2.29. The van der Waals surface area contributed by atoms with Gasteiger partial charge in [0.05, 0.1) is 12.2 Å². The van der Waals surface area contributed by atoms with Crippen LogP contribution >= 0.6 is 0 Å². The van der Waals surface area contributed by atoms with Gasteiger partial charge in [-0.05, 0) is 29.9 Å². The maximum Gasteiger partial charge on any atom is 0.224 e. The molecule has 2 nitrogen and oxygen atoms in total. The summed E-state index contributed by atoms with van der Waals surface area (Å²) in [6, 6.07) is 20.8. The lowest BCUT2D eigenvalue weighted by Gasteiger charge is -2.26. The Bertz CT molecular complexity index is 926. The summed E-state index contributed by atoms with van der Waals surface area (Å²) in [5.74, 6) is 0.0446. The summed E-state index contributed by atoms with van der Waals surface area (Å²) in [5, 5.41) is 2.24. The number of aryl methyl sites for hydroxylation is 1. The highest BCUT2D eigenvalue weighted by atomic mass is 16.2. The molecule has 0 fully saturated rings. The molecule has 2 heteroatoms. The number of rotatable bonds is 5. The van der Waals surface area contributed by atoms with E-state index in [1.54, 1.807) is 6.92 Å². The summed E-state index contributed by atoms with van der Waals surface area (Å²) in [4.78, 5) is 14.4. The Morgan fingerprint density at radius 3 is 2.60 bits per heavy atom. The Labute approximate surface area is 149 Å². The van der Waals surface area contributed by atoms with Crippen molar-refractivity contribution in [3.63, 3.8) is 0 Å². The number of allylic oxidation sites excluding steroid dienone is 1. The van der Waals surface area contributed by atoms with E-state index in [1.807, 2.05) is 29.2 Å². The molecule has 0 bridgehead atoms. The predicted octanol–water partition coefficient (Wildman–Crippen LogP) is 5.43. The molecule has 126 valence electrons. The smallest absolute Gasteiger partial charge is 0.224 e. The normalized spacial score (nSPS) is 10.6. The van der Waals surface area contributed by atoms with E-state index in [9.17, 15) is 4.79 Å². The van der Waals surface area contributed by atoms with Crippen LogP contribution in [0.5, 0.6) is 0 Å². The molecule has 0 aliphatic rings. The van der Waals surface area contributed by atoms with Crippen molar-refractivity contribution in [1.82, 2.24) is 0 Å². The molecule has 0 unspecified atom stereocenters. The SMILES string of the molecule is C=CCc1ccc2ccccc2c1N(Cc1cccc(C)c1)C(C)=O. The van der Waals surface area contributed by atoms with Crippen LogP contribution in [0.4, 0.5) is 5.69 Å². The van der Waals surface area contributed by atoms with Crippen LogP contribution in [0, 0.1) is 6.92 Å². The summed E-state index contributed by atoms with van der Waals surface area (Å²) < 4.78 is 0. The minimum Gasteiger partial charge on any atom is -0.307 e. The molecule has 0 aromatic heterocycles. The third kappa shape index (κ3) is 3.63. The van der Waals surface area contributed by atoms with E-state index in [-0.39, 0.29) is 5.91 Å². The molecule has 0 aliphatic heterocycles. The fraction of sp³-hybridized carbons (Fsp3) is 0.174. The molecule has 0 radical (unpaired) electrons. The van der Waals surface area contributed by atoms with E-state index in [4.69, 9.17) is 0 Å². The summed E-state index contributed by atoms with van der Waals surface area (Å²) in [6.45, 7) is 8.14. The average Bonchev–Trinajstić information content (AvgIpc) is 2.60. The molecule has 3 rings (SSSR count). The second-order valence-electron chi connectivity index (χ2n) is 6.38. The van der Waals surface area contributed by atoms with E-state index < -0.39 is 0 Å². The molecule has 0 saturated heterocycles. The first-order chi connectivity index (χ1) is 12.1. The summed E-state index contributed by atoms with van der Waals surface area (Å²) in [7, 11) is 0. The van der Waals surface area contributed by atoms with E-state index in [0.29, 0.717) is 6.54 Å². The van der Waals surface area contributed by atoms with Crippen LogP contribution < -0.4 is 4.90 Å². The zero-order chi connectivity index (χ0) is 17.8. The highest BCUT2D eigenvalue weighted by Crippen LogP contribution is 2.33. The third-order valence-electron chi connectivity index (χ3n) is 4.42. The zero-order valence-electron chi connectivity index (χ0n) is 14.8. The second-order valence-corrected chi connectivity index (χ2v) is 6.38. The quantitative estimate of drug-likeness (QED) is 0.572. The van der Waals surface area contributed by atoms with Crippen molar-refractivity contribution in [1.29, 1.82) is 0 Å². The standard InChI is InChI=1S/C23H23NO/c1-4-8-21-14-13-20-11-5-6-12-22(20)23(21)24(18(3)25)16-19-10-7-9-17(2)15-19/h4-7,9-15H,1,8,16H2,2-3H3. The van der Waals surface area contributed by atoms with Crippen molar-refractivity contribution >= 4 is 22.4 Å². The van der Waals surface area contributed by atoms with Crippen LogP contribution in [0.1, 0.15) is 23.6 Å². The van der Waals surface area contributed by atoms with Crippen molar-refractivity contribution in [3.8, 4) is 0 Å². The van der Waals surface area contributed by atoms with Crippen molar-refractivity contribution in [2.45, 2.75) is 26.8 Å². The molecule has 0 heterocycles. The number of anilines is 1. The molecule has 1 amide bonds. The first kappa shape index (κ1) is 17.0. The molecule has 0 spiro atoms. The summed E-state index contributed by atoms with van der Waals surface area (Å²) in [6.07, 6.45) is 2.62. The van der Waals surface area contributed by atoms with Gasteiger partial charge in [0.15, 0.2) is 0 Å². The molecular weight excluding hydrogens is 306 g/mol. The number of carbonyl (C=O) groups is 1. The molecule has 0 saturated carbocycles. The number of nitrogens with zero attached hydrogens (tertiary/aromatic N) is 1. The van der Waals surface area contributed by atoms with Gasteiger partial charge in [0.2, 0.25) is 5.91 Å². The fourth-order valence-corrected chi connectivity index (χ4v) is 3.28. The van der Waals surface area contributed by atoms with Crippen LogP contribution in [0.2, 0.25) is 0 Å². The topological polar surface area (TPSA) is 20.3 Å². The molecule has 0 aliphatic carbocycles. The Kier molecular flexibility index (Phi) is 4.99. The molecule has 25 heavy (non-hydrogen) atoms. The Balaban J connectivity index is 2.16. The van der Waals surface area contributed by atoms with Crippen molar-refractivity contribution in [3.05, 3.63) is 90.0 Å². The van der Waals surface area contributed by atoms with Crippen LogP contribution in [0.3, 0.4) is 0 Å². The van der Waals surface area contributed by atoms with E-state index >= 15 is 0 Å². The van der Waals surface area contributed by atoms with Gasteiger partial charge < -0.3 is 4.90 Å². The van der Waals surface area contributed by atoms with Crippen LogP contribution in [0.15, 0.2) is 73.3 Å². The van der Waals surface area contributed by atoms with E-state index in [1.165, 1.54) is 5.56 Å². The van der Waals surface area contributed by atoms with Crippen LogP contribution in [-0.2, 0) is 17.8 Å². The van der Waals surface area contributed by atoms with Gasteiger partial charge in [-0.1, -0.05) is 72.3 Å². The lowest BCUT2D eigenvalue weighted by atomic mass is 10.00. The number of benzene rings is 3. The number of hydrogen-bond acceptors (Lipinski definition) is 1. The van der Waals surface area contributed by atoms with Crippen molar-refractivity contribution in [2.75, 3.05) is 4.90 Å². The minimum absolute atomic E-state index is 0.0446. The number of fused-ring (bicyclic) bond motifs is 1. The van der Waals surface area contributed by atoms with Gasteiger partial charge in [0.1, 0.15) is 0 Å². The van der Waals surface area contributed by atoms with Crippen molar-refractivity contribution in [2.24, 2.45) is 0 Å².